The van der Waals surface area contributed by atoms with Crippen molar-refractivity contribution in [2.45, 2.75) is 51.0 Å². The van der Waals surface area contributed by atoms with Gasteiger partial charge in [0.15, 0.2) is 0 Å². The van der Waals surface area contributed by atoms with Gasteiger partial charge in [-0.2, -0.15) is 0 Å². The zero-order valence-corrected chi connectivity index (χ0v) is 16.1. The number of amides is 1. The Morgan fingerprint density at radius 3 is 2.96 bits per heavy atom. The molecule has 2 aromatic heterocycles. The number of carbonyl (C=O) groups excluding carboxylic acids is 1. The van der Waals surface area contributed by atoms with Crippen molar-refractivity contribution in [3.8, 4) is 0 Å². The van der Waals surface area contributed by atoms with Gasteiger partial charge in [0.25, 0.3) is 0 Å². The second-order valence-corrected chi connectivity index (χ2v) is 7.74. The summed E-state index contributed by atoms with van der Waals surface area (Å²) in [4.78, 5) is 19.8. The zero-order chi connectivity index (χ0) is 19.1. The Balaban J connectivity index is 1.27. The van der Waals surface area contributed by atoms with Gasteiger partial charge in [0.2, 0.25) is 5.91 Å². The van der Waals surface area contributed by atoms with Crippen LogP contribution in [0.2, 0.25) is 0 Å². The van der Waals surface area contributed by atoms with E-state index in [0.29, 0.717) is 0 Å². The van der Waals surface area contributed by atoms with Gasteiger partial charge in [0, 0.05) is 37.6 Å². The fraction of sp³-hybridized carbons (Fsp3) is 0.429. The number of imidazole rings is 1. The number of nitrogens with zero attached hydrogens (tertiary/aromatic N) is 4. The first-order chi connectivity index (χ1) is 13.7. The lowest BCUT2D eigenvalue weighted by Gasteiger charge is -2.37. The second-order valence-electron chi connectivity index (χ2n) is 7.74. The smallest absolute Gasteiger partial charge is 0.241 e. The van der Waals surface area contributed by atoms with Crippen LogP contribution in [0, 0.1) is 0 Å². The monoisotopic (exact) mass is 378 g/mol. The van der Waals surface area contributed by atoms with E-state index in [-0.39, 0.29) is 24.0 Å². The molecule has 2 aliphatic rings. The first-order valence-electron chi connectivity index (χ1n) is 10.1. The van der Waals surface area contributed by atoms with Gasteiger partial charge in [-0.15, -0.1) is 0 Å². The predicted molar refractivity (Wildman–Crippen MR) is 107 cm³/mol. The molecular formula is C21H26N6O. The van der Waals surface area contributed by atoms with E-state index < -0.39 is 0 Å². The van der Waals surface area contributed by atoms with Crippen molar-refractivity contribution in [1.29, 1.82) is 0 Å². The summed E-state index contributed by atoms with van der Waals surface area (Å²) in [6.07, 6.45) is 5.70. The maximum atomic E-state index is 13.3. The Morgan fingerprint density at radius 2 is 2.07 bits per heavy atom. The number of aromatic nitrogens is 3. The Kier molecular flexibility index (Phi) is 4.41. The van der Waals surface area contributed by atoms with Crippen LogP contribution in [0.4, 0.5) is 0 Å². The molecule has 4 heterocycles. The quantitative estimate of drug-likeness (QED) is 0.729. The summed E-state index contributed by atoms with van der Waals surface area (Å²) in [5.74, 6) is 0.199. The van der Waals surface area contributed by atoms with Crippen molar-refractivity contribution in [1.82, 2.24) is 29.9 Å². The molecule has 0 spiro atoms. The maximum Gasteiger partial charge on any atom is 0.241 e. The van der Waals surface area contributed by atoms with Gasteiger partial charge >= 0.3 is 0 Å². The third-order valence-electron chi connectivity index (χ3n) is 6.06. The van der Waals surface area contributed by atoms with Crippen molar-refractivity contribution in [2.24, 2.45) is 0 Å². The van der Waals surface area contributed by atoms with Crippen molar-refractivity contribution < 1.29 is 4.79 Å². The number of hydrogen-bond acceptors (Lipinski definition) is 4. The predicted octanol–water partition coefficient (Wildman–Crippen LogP) is 2.07. The molecule has 2 aliphatic heterocycles. The lowest BCUT2D eigenvalue weighted by molar-refractivity contribution is -0.137. The molecule has 0 aliphatic carbocycles. The highest BCUT2D eigenvalue weighted by atomic mass is 16.2. The van der Waals surface area contributed by atoms with Crippen molar-refractivity contribution in [3.05, 3.63) is 54.6 Å². The number of carbonyl (C=O) groups is 1. The van der Waals surface area contributed by atoms with Crippen LogP contribution in [0.25, 0.3) is 11.0 Å². The minimum Gasteiger partial charge on any atom is -0.348 e. The normalized spacial score (nSPS) is 24.6. The molecule has 146 valence electrons. The standard InChI is InChI=1S/C21H26N6O/c1-2-18-20-8-5-9-25(20)10-11-27(18)21(28)17-12-15(23-24-17)13-26-14-22-16-6-3-4-7-19(16)26/h3-9,14-15,17-18,23-24H,2,10-13H2,1H3. The van der Waals surface area contributed by atoms with Crippen LogP contribution in [0.15, 0.2) is 48.9 Å². The Morgan fingerprint density at radius 1 is 1.18 bits per heavy atom. The average Bonchev–Trinajstić information content (AvgIpc) is 3.47. The molecule has 28 heavy (non-hydrogen) atoms. The molecule has 1 aromatic carbocycles. The highest BCUT2D eigenvalue weighted by molar-refractivity contribution is 5.83. The summed E-state index contributed by atoms with van der Waals surface area (Å²) in [6, 6.07) is 12.5. The summed E-state index contributed by atoms with van der Waals surface area (Å²) in [5, 5.41) is 0. The third-order valence-corrected chi connectivity index (χ3v) is 6.06. The summed E-state index contributed by atoms with van der Waals surface area (Å²) in [7, 11) is 0. The number of benzene rings is 1. The first-order valence-corrected chi connectivity index (χ1v) is 10.1. The number of fused-ring (bicyclic) bond motifs is 2. The van der Waals surface area contributed by atoms with Gasteiger partial charge in [-0.3, -0.25) is 10.2 Å². The average molecular weight is 378 g/mol. The molecule has 7 heteroatoms. The number of rotatable bonds is 4. The first kappa shape index (κ1) is 17.5. The zero-order valence-electron chi connectivity index (χ0n) is 16.1. The molecule has 0 bridgehead atoms. The molecule has 3 unspecified atom stereocenters. The van der Waals surface area contributed by atoms with Crippen LogP contribution in [-0.2, 0) is 17.9 Å². The van der Waals surface area contributed by atoms with E-state index in [2.05, 4.69) is 61.2 Å². The van der Waals surface area contributed by atoms with Gasteiger partial charge in [0.1, 0.15) is 6.04 Å². The van der Waals surface area contributed by atoms with E-state index >= 15 is 0 Å². The van der Waals surface area contributed by atoms with Crippen LogP contribution in [-0.4, -0.2) is 43.6 Å². The molecule has 7 nitrogen and oxygen atoms in total. The molecule has 0 radical (unpaired) electrons. The Labute approximate surface area is 164 Å². The van der Waals surface area contributed by atoms with Crippen LogP contribution in [0.3, 0.4) is 0 Å². The van der Waals surface area contributed by atoms with Gasteiger partial charge in [-0.05, 0) is 37.1 Å². The number of nitrogens with one attached hydrogen (secondary N) is 2. The lowest BCUT2D eigenvalue weighted by Crippen LogP contribution is -2.50. The highest BCUT2D eigenvalue weighted by Gasteiger charge is 2.37. The maximum absolute atomic E-state index is 13.3. The molecule has 0 saturated carbocycles. The van der Waals surface area contributed by atoms with Crippen LogP contribution in [0.1, 0.15) is 31.5 Å². The summed E-state index contributed by atoms with van der Waals surface area (Å²) in [6.45, 7) is 4.58. The molecule has 1 fully saturated rings. The lowest BCUT2D eigenvalue weighted by atomic mass is 10.0. The van der Waals surface area contributed by atoms with Gasteiger partial charge in [-0.1, -0.05) is 19.1 Å². The van der Waals surface area contributed by atoms with Gasteiger partial charge in [0.05, 0.1) is 23.4 Å². The van der Waals surface area contributed by atoms with Crippen molar-refractivity contribution in [3.63, 3.8) is 0 Å². The molecule has 3 aromatic rings. The molecule has 3 atom stereocenters. The topological polar surface area (TPSA) is 67.1 Å². The molecule has 5 rings (SSSR count). The fourth-order valence-corrected chi connectivity index (χ4v) is 4.65. The Hall–Kier alpha value is -2.64. The summed E-state index contributed by atoms with van der Waals surface area (Å²) >= 11 is 0. The second kappa shape index (κ2) is 7.07. The van der Waals surface area contributed by atoms with Gasteiger partial charge < -0.3 is 14.0 Å². The fourth-order valence-electron chi connectivity index (χ4n) is 4.65. The minimum atomic E-state index is -0.185. The van der Waals surface area contributed by atoms with Gasteiger partial charge in [-0.25, -0.2) is 10.4 Å². The molecule has 2 N–H and O–H groups in total. The van der Waals surface area contributed by atoms with E-state index in [1.807, 2.05) is 24.5 Å². The van der Waals surface area contributed by atoms with E-state index in [0.717, 1.165) is 43.5 Å². The minimum absolute atomic E-state index is 0.162. The molecular weight excluding hydrogens is 352 g/mol. The van der Waals surface area contributed by atoms with Crippen molar-refractivity contribution >= 4 is 16.9 Å². The highest BCUT2D eigenvalue weighted by Crippen LogP contribution is 2.30. The van der Waals surface area contributed by atoms with Crippen LogP contribution >= 0.6 is 0 Å². The van der Waals surface area contributed by atoms with Crippen molar-refractivity contribution in [2.75, 3.05) is 6.54 Å². The molecule has 1 amide bonds. The summed E-state index contributed by atoms with van der Waals surface area (Å²) in [5.41, 5.74) is 9.94. The number of hydrogen-bond donors (Lipinski definition) is 2. The van der Waals surface area contributed by atoms with E-state index in [4.69, 9.17) is 0 Å². The Bertz CT molecular complexity index is 992. The summed E-state index contributed by atoms with van der Waals surface area (Å²) < 4.78 is 4.43. The number of para-hydroxylation sites is 2. The van der Waals surface area contributed by atoms with E-state index in [1.54, 1.807) is 0 Å². The van der Waals surface area contributed by atoms with Crippen LogP contribution < -0.4 is 10.9 Å². The van der Waals surface area contributed by atoms with E-state index in [1.165, 1.54) is 5.69 Å². The SMILES string of the molecule is CCC1c2cccn2CCN1C(=O)C1CC(Cn2cnc3ccccc32)NN1. The van der Waals surface area contributed by atoms with Crippen LogP contribution in [0.5, 0.6) is 0 Å². The largest absolute Gasteiger partial charge is 0.348 e. The number of hydrazine groups is 1. The van der Waals surface area contributed by atoms with E-state index in [9.17, 15) is 4.79 Å². The molecule has 1 saturated heterocycles. The third kappa shape index (κ3) is 2.91.